The Morgan fingerprint density at radius 3 is 2.64 bits per heavy atom. The van der Waals surface area contributed by atoms with Crippen molar-refractivity contribution in [1.82, 2.24) is 4.90 Å². The van der Waals surface area contributed by atoms with Gasteiger partial charge in [0.2, 0.25) is 0 Å². The van der Waals surface area contributed by atoms with Crippen molar-refractivity contribution in [1.29, 1.82) is 0 Å². The molecule has 0 aliphatic carbocycles. The summed E-state index contributed by atoms with van der Waals surface area (Å²) in [6.45, 7) is 5.18. The van der Waals surface area contributed by atoms with Crippen molar-refractivity contribution in [3.8, 4) is 0 Å². The summed E-state index contributed by atoms with van der Waals surface area (Å²) in [6.07, 6.45) is 2.16. The third-order valence-corrected chi connectivity index (χ3v) is 1.48. The van der Waals surface area contributed by atoms with E-state index in [2.05, 4.69) is 6.58 Å². The van der Waals surface area contributed by atoms with Gasteiger partial charge < -0.3 is 9.84 Å². The zero-order valence-electron chi connectivity index (χ0n) is 8.23. The molecule has 0 bridgehead atoms. The molecule has 0 heterocycles. The summed E-state index contributed by atoms with van der Waals surface area (Å²) in [7, 11) is 0. The van der Waals surface area contributed by atoms with E-state index in [4.69, 9.17) is 9.84 Å². The SMILES string of the molecule is C=CN(CC(=O)O)C(=O)OCCCC. The van der Waals surface area contributed by atoms with E-state index in [1.807, 2.05) is 6.92 Å². The summed E-state index contributed by atoms with van der Waals surface area (Å²) in [5.41, 5.74) is 0. The maximum absolute atomic E-state index is 11.2. The number of aliphatic carboxylic acids is 1. The van der Waals surface area contributed by atoms with Crippen molar-refractivity contribution in [2.24, 2.45) is 0 Å². The van der Waals surface area contributed by atoms with Crippen LogP contribution in [-0.2, 0) is 9.53 Å². The largest absolute Gasteiger partial charge is 0.480 e. The van der Waals surface area contributed by atoms with Crippen molar-refractivity contribution < 1.29 is 19.4 Å². The third kappa shape index (κ3) is 5.18. The van der Waals surface area contributed by atoms with E-state index in [-0.39, 0.29) is 0 Å². The topological polar surface area (TPSA) is 66.8 Å². The fourth-order valence-electron chi connectivity index (χ4n) is 0.736. The van der Waals surface area contributed by atoms with E-state index < -0.39 is 18.6 Å². The molecule has 0 aliphatic heterocycles. The van der Waals surface area contributed by atoms with Crippen molar-refractivity contribution >= 4 is 12.1 Å². The first kappa shape index (κ1) is 12.5. The van der Waals surface area contributed by atoms with Gasteiger partial charge in [-0.3, -0.25) is 9.69 Å². The Hall–Kier alpha value is -1.52. The molecule has 0 unspecified atom stereocenters. The van der Waals surface area contributed by atoms with Crippen LogP contribution in [0.2, 0.25) is 0 Å². The number of carboxylic acids is 1. The normalized spacial score (nSPS) is 9.21. The van der Waals surface area contributed by atoms with Crippen molar-refractivity contribution in [3.05, 3.63) is 12.8 Å². The van der Waals surface area contributed by atoms with E-state index in [9.17, 15) is 9.59 Å². The molecule has 14 heavy (non-hydrogen) atoms. The standard InChI is InChI=1S/C9H15NO4/c1-3-5-6-14-9(13)10(4-2)7-8(11)12/h4H,2-3,5-7H2,1H3,(H,11,12). The van der Waals surface area contributed by atoms with Crippen LogP contribution in [-0.4, -0.2) is 35.2 Å². The van der Waals surface area contributed by atoms with Crippen LogP contribution in [0.1, 0.15) is 19.8 Å². The van der Waals surface area contributed by atoms with Crippen molar-refractivity contribution in [2.75, 3.05) is 13.2 Å². The number of ether oxygens (including phenoxy) is 1. The van der Waals surface area contributed by atoms with Crippen LogP contribution in [0.25, 0.3) is 0 Å². The van der Waals surface area contributed by atoms with Crippen LogP contribution in [0.5, 0.6) is 0 Å². The molecule has 0 saturated heterocycles. The zero-order chi connectivity index (χ0) is 11.0. The second kappa shape index (κ2) is 6.94. The highest BCUT2D eigenvalue weighted by Gasteiger charge is 2.14. The summed E-state index contributed by atoms with van der Waals surface area (Å²) in [6, 6.07) is 0. The van der Waals surface area contributed by atoms with Crippen LogP contribution in [0, 0.1) is 0 Å². The van der Waals surface area contributed by atoms with Gasteiger partial charge in [0.05, 0.1) is 6.61 Å². The smallest absolute Gasteiger partial charge is 0.414 e. The summed E-state index contributed by atoms with van der Waals surface area (Å²) >= 11 is 0. The van der Waals surface area contributed by atoms with Crippen LogP contribution in [0.3, 0.4) is 0 Å². The number of hydrogen-bond acceptors (Lipinski definition) is 3. The van der Waals surface area contributed by atoms with Gasteiger partial charge in [-0.1, -0.05) is 19.9 Å². The second-order valence-corrected chi connectivity index (χ2v) is 2.67. The summed E-state index contributed by atoms with van der Waals surface area (Å²) < 4.78 is 4.79. The second-order valence-electron chi connectivity index (χ2n) is 2.67. The Morgan fingerprint density at radius 2 is 2.21 bits per heavy atom. The Balaban J connectivity index is 3.91. The molecule has 80 valence electrons. The van der Waals surface area contributed by atoms with Crippen LogP contribution >= 0.6 is 0 Å². The molecule has 0 aromatic rings. The number of hydrogen-bond donors (Lipinski definition) is 1. The molecule has 5 nitrogen and oxygen atoms in total. The lowest BCUT2D eigenvalue weighted by Gasteiger charge is -2.14. The first-order chi connectivity index (χ1) is 6.61. The zero-order valence-corrected chi connectivity index (χ0v) is 8.23. The van der Waals surface area contributed by atoms with Gasteiger partial charge in [0.1, 0.15) is 6.54 Å². The van der Waals surface area contributed by atoms with Crippen LogP contribution in [0.4, 0.5) is 4.79 Å². The molecule has 0 saturated carbocycles. The predicted molar refractivity (Wildman–Crippen MR) is 50.8 cm³/mol. The first-order valence-corrected chi connectivity index (χ1v) is 4.39. The molecule has 0 spiro atoms. The molecule has 0 radical (unpaired) electrons. The number of rotatable bonds is 6. The van der Waals surface area contributed by atoms with Gasteiger partial charge in [-0.05, 0) is 6.42 Å². The molecular formula is C9H15NO4. The minimum absolute atomic E-state index is 0.305. The molecule has 1 amide bonds. The summed E-state index contributed by atoms with van der Waals surface area (Å²) in [5, 5.41) is 8.44. The monoisotopic (exact) mass is 201 g/mol. The molecular weight excluding hydrogens is 186 g/mol. The minimum atomic E-state index is -1.10. The van der Waals surface area contributed by atoms with Crippen LogP contribution < -0.4 is 0 Å². The highest BCUT2D eigenvalue weighted by atomic mass is 16.6. The molecule has 0 aromatic heterocycles. The third-order valence-electron chi connectivity index (χ3n) is 1.48. The highest BCUT2D eigenvalue weighted by Crippen LogP contribution is 1.96. The maximum Gasteiger partial charge on any atom is 0.414 e. The van der Waals surface area contributed by atoms with Crippen LogP contribution in [0.15, 0.2) is 12.8 Å². The number of carboxylic acid groups (broad SMARTS) is 1. The fraction of sp³-hybridized carbons (Fsp3) is 0.556. The molecule has 0 aromatic carbocycles. The number of unbranched alkanes of at least 4 members (excludes halogenated alkanes) is 1. The van der Waals surface area contributed by atoms with Gasteiger partial charge in [-0.25, -0.2) is 4.79 Å². The lowest BCUT2D eigenvalue weighted by molar-refractivity contribution is -0.137. The summed E-state index contributed by atoms with van der Waals surface area (Å²) in [5.74, 6) is -1.10. The number of carbonyl (C=O) groups is 2. The molecule has 0 atom stereocenters. The minimum Gasteiger partial charge on any atom is -0.480 e. The van der Waals surface area contributed by atoms with E-state index >= 15 is 0 Å². The van der Waals surface area contributed by atoms with Gasteiger partial charge in [0.15, 0.2) is 0 Å². The maximum atomic E-state index is 11.2. The van der Waals surface area contributed by atoms with E-state index in [1.165, 1.54) is 0 Å². The number of nitrogens with zero attached hydrogens (tertiary/aromatic N) is 1. The van der Waals surface area contributed by atoms with Gasteiger partial charge >= 0.3 is 12.1 Å². The molecule has 0 aliphatic rings. The van der Waals surface area contributed by atoms with E-state index in [0.29, 0.717) is 6.61 Å². The number of amides is 1. The van der Waals surface area contributed by atoms with Crippen molar-refractivity contribution in [2.45, 2.75) is 19.8 Å². The fourth-order valence-corrected chi connectivity index (χ4v) is 0.736. The molecule has 0 fully saturated rings. The average molecular weight is 201 g/mol. The number of carbonyl (C=O) groups excluding carboxylic acids is 1. The Morgan fingerprint density at radius 1 is 1.57 bits per heavy atom. The van der Waals surface area contributed by atoms with E-state index in [1.54, 1.807) is 0 Å². The predicted octanol–water partition coefficient (Wildman–Crippen LogP) is 1.45. The van der Waals surface area contributed by atoms with Gasteiger partial charge in [0.25, 0.3) is 0 Å². The first-order valence-electron chi connectivity index (χ1n) is 4.39. The highest BCUT2D eigenvalue weighted by molar-refractivity contribution is 5.77. The van der Waals surface area contributed by atoms with Crippen molar-refractivity contribution in [3.63, 3.8) is 0 Å². The lowest BCUT2D eigenvalue weighted by atomic mass is 10.4. The molecule has 0 rings (SSSR count). The van der Waals surface area contributed by atoms with Gasteiger partial charge in [-0.15, -0.1) is 0 Å². The Bertz CT molecular complexity index is 215. The lowest BCUT2D eigenvalue weighted by Crippen LogP contribution is -2.31. The molecule has 5 heteroatoms. The quantitative estimate of drug-likeness (QED) is 0.660. The van der Waals surface area contributed by atoms with Gasteiger partial charge in [0, 0.05) is 6.20 Å². The van der Waals surface area contributed by atoms with E-state index in [0.717, 1.165) is 23.9 Å². The summed E-state index contributed by atoms with van der Waals surface area (Å²) in [4.78, 5) is 22.4. The Kier molecular flexibility index (Phi) is 6.19. The Labute approximate surface area is 83.0 Å². The molecule has 1 N–H and O–H groups in total. The van der Waals surface area contributed by atoms with Gasteiger partial charge in [-0.2, -0.15) is 0 Å². The average Bonchev–Trinajstić information content (AvgIpc) is 2.14.